The highest BCUT2D eigenvalue weighted by Crippen LogP contribution is 2.30. The summed E-state index contributed by atoms with van der Waals surface area (Å²) in [6.07, 6.45) is 0.239. The van der Waals surface area contributed by atoms with Crippen LogP contribution in [-0.4, -0.2) is 28.2 Å². The lowest BCUT2D eigenvalue weighted by Gasteiger charge is -2.16. The van der Waals surface area contributed by atoms with Crippen molar-refractivity contribution >= 4 is 40.4 Å². The van der Waals surface area contributed by atoms with Gasteiger partial charge in [-0.3, -0.25) is 9.59 Å². The Morgan fingerprint density at radius 2 is 1.71 bits per heavy atom. The first-order valence-corrected chi connectivity index (χ1v) is 12.3. The van der Waals surface area contributed by atoms with Crippen LogP contribution in [0.2, 0.25) is 5.02 Å². The molecule has 2 amide bonds. The predicted molar refractivity (Wildman–Crippen MR) is 137 cm³/mol. The average molecular weight is 488 g/mol. The molecule has 1 aliphatic rings. The third-order valence-corrected chi connectivity index (χ3v) is 6.99. The van der Waals surface area contributed by atoms with E-state index in [9.17, 15) is 9.59 Å². The Morgan fingerprint density at radius 3 is 2.44 bits per heavy atom. The van der Waals surface area contributed by atoms with Crippen LogP contribution in [0.3, 0.4) is 0 Å². The van der Waals surface area contributed by atoms with E-state index in [1.807, 2.05) is 84.2 Å². The van der Waals surface area contributed by atoms with Crippen LogP contribution in [0.4, 0.5) is 5.69 Å². The van der Waals surface area contributed by atoms with E-state index in [0.29, 0.717) is 23.8 Å². The number of thiazole rings is 1. The monoisotopic (exact) mass is 487 g/mol. The third-order valence-electron chi connectivity index (χ3n) is 5.85. The fraction of sp³-hybridized carbons (Fsp3) is 0.148. The molecular formula is C27H22ClN3O2S. The van der Waals surface area contributed by atoms with Crippen molar-refractivity contribution in [1.29, 1.82) is 0 Å². The van der Waals surface area contributed by atoms with E-state index in [2.05, 4.69) is 5.32 Å². The van der Waals surface area contributed by atoms with Gasteiger partial charge in [0.2, 0.25) is 11.8 Å². The van der Waals surface area contributed by atoms with E-state index < -0.39 is 0 Å². The molecule has 3 aromatic carbocycles. The number of rotatable bonds is 6. The second-order valence-corrected chi connectivity index (χ2v) is 9.57. The van der Waals surface area contributed by atoms with E-state index >= 15 is 0 Å². The van der Waals surface area contributed by atoms with E-state index in [4.69, 9.17) is 16.6 Å². The van der Waals surface area contributed by atoms with Gasteiger partial charge in [-0.2, -0.15) is 0 Å². The van der Waals surface area contributed by atoms with Crippen LogP contribution < -0.4 is 5.32 Å². The molecule has 5 nitrogen and oxygen atoms in total. The maximum absolute atomic E-state index is 12.8. The van der Waals surface area contributed by atoms with Gasteiger partial charge in [0.1, 0.15) is 5.01 Å². The van der Waals surface area contributed by atoms with E-state index in [1.54, 1.807) is 16.2 Å². The summed E-state index contributed by atoms with van der Waals surface area (Å²) in [5, 5.41) is 6.60. The second-order valence-electron chi connectivity index (χ2n) is 8.27. The minimum Gasteiger partial charge on any atom is -0.338 e. The average Bonchev–Trinajstić information content (AvgIpc) is 3.48. The summed E-state index contributed by atoms with van der Waals surface area (Å²) in [5.74, 6) is -0.467. The first-order chi connectivity index (χ1) is 16.5. The minimum absolute atomic E-state index is 0.0133. The van der Waals surface area contributed by atoms with Gasteiger partial charge in [0, 0.05) is 46.7 Å². The fourth-order valence-electron chi connectivity index (χ4n) is 4.00. The molecule has 1 aromatic heterocycles. The highest BCUT2D eigenvalue weighted by molar-refractivity contribution is 7.13. The SMILES string of the molecule is O=C(Nc1ccc(-c2csc(-c3ccc(Cl)cc3)n2)cc1)C1CC(=O)N(Cc2ccccc2)C1. The van der Waals surface area contributed by atoms with Crippen LogP contribution >= 0.6 is 22.9 Å². The van der Waals surface area contributed by atoms with E-state index in [-0.39, 0.29) is 24.2 Å². The number of benzene rings is 3. The summed E-state index contributed by atoms with van der Waals surface area (Å²) in [4.78, 5) is 31.7. The molecular weight excluding hydrogens is 466 g/mol. The largest absolute Gasteiger partial charge is 0.338 e. The lowest BCUT2D eigenvalue weighted by molar-refractivity contribution is -0.128. The van der Waals surface area contributed by atoms with Gasteiger partial charge in [0.15, 0.2) is 0 Å². The Bertz CT molecular complexity index is 1300. The number of hydrogen-bond acceptors (Lipinski definition) is 4. The number of nitrogens with one attached hydrogen (secondary N) is 1. The number of nitrogens with zero attached hydrogens (tertiary/aromatic N) is 2. The van der Waals surface area contributed by atoms with E-state index in [1.165, 1.54) is 0 Å². The maximum Gasteiger partial charge on any atom is 0.229 e. The molecule has 1 unspecified atom stereocenters. The number of anilines is 1. The molecule has 34 heavy (non-hydrogen) atoms. The van der Waals surface area contributed by atoms with Crippen molar-refractivity contribution < 1.29 is 9.59 Å². The lowest BCUT2D eigenvalue weighted by Crippen LogP contribution is -2.28. The quantitative estimate of drug-likeness (QED) is 0.356. The number of hydrogen-bond donors (Lipinski definition) is 1. The molecule has 1 aliphatic heterocycles. The molecule has 1 saturated heterocycles. The first kappa shape index (κ1) is 22.3. The summed E-state index contributed by atoms with van der Waals surface area (Å²) in [7, 11) is 0. The molecule has 2 heterocycles. The number of carbonyl (C=O) groups excluding carboxylic acids is 2. The molecule has 1 N–H and O–H groups in total. The van der Waals surface area contributed by atoms with Crippen molar-refractivity contribution in [3.05, 3.63) is 94.8 Å². The van der Waals surface area contributed by atoms with Crippen molar-refractivity contribution in [3.63, 3.8) is 0 Å². The zero-order valence-electron chi connectivity index (χ0n) is 18.3. The van der Waals surface area contributed by atoms with Crippen LogP contribution in [0.1, 0.15) is 12.0 Å². The van der Waals surface area contributed by atoms with Gasteiger partial charge in [-0.1, -0.05) is 66.2 Å². The molecule has 7 heteroatoms. The van der Waals surface area contributed by atoms with Gasteiger partial charge in [-0.15, -0.1) is 11.3 Å². The van der Waals surface area contributed by atoms with Crippen molar-refractivity contribution in [1.82, 2.24) is 9.88 Å². The highest BCUT2D eigenvalue weighted by atomic mass is 35.5. The number of halogens is 1. The number of carbonyl (C=O) groups is 2. The first-order valence-electron chi connectivity index (χ1n) is 11.0. The lowest BCUT2D eigenvalue weighted by atomic mass is 10.1. The number of amides is 2. The van der Waals surface area contributed by atoms with Gasteiger partial charge in [0.05, 0.1) is 11.6 Å². The Kier molecular flexibility index (Phi) is 6.43. The van der Waals surface area contributed by atoms with Gasteiger partial charge in [0.25, 0.3) is 0 Å². The number of likely N-dealkylation sites (tertiary alicyclic amines) is 1. The molecule has 5 rings (SSSR count). The van der Waals surface area contributed by atoms with Gasteiger partial charge in [-0.05, 0) is 29.8 Å². The molecule has 4 aromatic rings. The molecule has 170 valence electrons. The van der Waals surface area contributed by atoms with Crippen molar-refractivity contribution in [3.8, 4) is 21.8 Å². The normalized spacial score (nSPS) is 15.5. The highest BCUT2D eigenvalue weighted by Gasteiger charge is 2.34. The third kappa shape index (κ3) is 5.03. The van der Waals surface area contributed by atoms with Gasteiger partial charge >= 0.3 is 0 Å². The smallest absolute Gasteiger partial charge is 0.229 e. The second kappa shape index (κ2) is 9.79. The van der Waals surface area contributed by atoms with Crippen molar-refractivity contribution in [2.75, 3.05) is 11.9 Å². The summed E-state index contributed by atoms with van der Waals surface area (Å²) < 4.78 is 0. The zero-order chi connectivity index (χ0) is 23.5. The van der Waals surface area contributed by atoms with Crippen molar-refractivity contribution in [2.45, 2.75) is 13.0 Å². The maximum atomic E-state index is 12.8. The van der Waals surface area contributed by atoms with Crippen LogP contribution in [-0.2, 0) is 16.1 Å². The van der Waals surface area contributed by atoms with Crippen LogP contribution in [0, 0.1) is 5.92 Å². The molecule has 1 atom stereocenters. The molecule has 0 radical (unpaired) electrons. The standard InChI is InChI=1S/C27H22ClN3O2S/c28-22-10-6-20(7-11-22)27-30-24(17-34-27)19-8-12-23(13-9-19)29-26(33)21-14-25(32)31(16-21)15-18-4-2-1-3-5-18/h1-13,17,21H,14-16H2,(H,29,33). The van der Waals surface area contributed by atoms with Crippen LogP contribution in [0.5, 0.6) is 0 Å². The topological polar surface area (TPSA) is 62.3 Å². The number of aromatic nitrogens is 1. The molecule has 0 saturated carbocycles. The fourth-order valence-corrected chi connectivity index (χ4v) is 4.97. The summed E-state index contributed by atoms with van der Waals surface area (Å²) in [6.45, 7) is 0.966. The summed E-state index contributed by atoms with van der Waals surface area (Å²) >= 11 is 7.55. The van der Waals surface area contributed by atoms with Crippen LogP contribution in [0.25, 0.3) is 21.8 Å². The predicted octanol–water partition coefficient (Wildman–Crippen LogP) is 6.12. The Morgan fingerprint density at radius 1 is 1.00 bits per heavy atom. The Labute approximate surface area is 207 Å². The van der Waals surface area contributed by atoms with Gasteiger partial charge in [-0.25, -0.2) is 4.98 Å². The van der Waals surface area contributed by atoms with Crippen LogP contribution in [0.15, 0.2) is 84.2 Å². The molecule has 0 bridgehead atoms. The Hall–Kier alpha value is -3.48. The molecule has 0 aliphatic carbocycles. The van der Waals surface area contributed by atoms with E-state index in [0.717, 1.165) is 27.4 Å². The summed E-state index contributed by atoms with van der Waals surface area (Å²) in [6, 6.07) is 25.1. The zero-order valence-corrected chi connectivity index (χ0v) is 19.9. The minimum atomic E-state index is -0.351. The molecule has 0 spiro atoms. The molecule has 1 fully saturated rings. The van der Waals surface area contributed by atoms with Gasteiger partial charge < -0.3 is 10.2 Å². The summed E-state index contributed by atoms with van der Waals surface area (Å²) in [5.41, 5.74) is 4.65. The Balaban J connectivity index is 1.20. The van der Waals surface area contributed by atoms with Crippen molar-refractivity contribution in [2.24, 2.45) is 5.92 Å².